The number of carbonyl (C=O) groups is 1. The molecule has 1 aromatic heterocycles. The van der Waals surface area contributed by atoms with Crippen LogP contribution in [0.2, 0.25) is 0 Å². The zero-order valence-corrected chi connectivity index (χ0v) is 13.1. The van der Waals surface area contributed by atoms with Gasteiger partial charge in [0.15, 0.2) is 0 Å². The molecule has 0 bridgehead atoms. The van der Waals surface area contributed by atoms with Gasteiger partial charge in [-0.3, -0.25) is 0 Å². The highest BCUT2D eigenvalue weighted by Crippen LogP contribution is 2.45. The molecule has 0 saturated heterocycles. The lowest BCUT2D eigenvalue weighted by Gasteiger charge is -2.50. The van der Waals surface area contributed by atoms with E-state index in [-0.39, 0.29) is 23.6 Å². The second-order valence-corrected chi connectivity index (χ2v) is 6.67. The summed E-state index contributed by atoms with van der Waals surface area (Å²) >= 11 is 0. The van der Waals surface area contributed by atoms with Crippen LogP contribution in [-0.2, 0) is 16.5 Å². The minimum absolute atomic E-state index is 0.0675. The molecule has 1 fully saturated rings. The van der Waals surface area contributed by atoms with Crippen LogP contribution in [-0.4, -0.2) is 29.4 Å². The molecule has 4 nitrogen and oxygen atoms in total. The van der Waals surface area contributed by atoms with Gasteiger partial charge in [0, 0.05) is 31.7 Å². The van der Waals surface area contributed by atoms with Crippen molar-refractivity contribution in [2.24, 2.45) is 18.4 Å². The Morgan fingerprint density at radius 2 is 2.15 bits per heavy atom. The Labute approximate surface area is 121 Å². The molecule has 112 valence electrons. The first-order valence-corrected chi connectivity index (χ1v) is 7.26. The van der Waals surface area contributed by atoms with Crippen LogP contribution >= 0.6 is 0 Å². The normalized spacial score (nSPS) is 24.5. The number of carbonyl (C=O) groups excluding carboxylic acids is 1. The van der Waals surface area contributed by atoms with Crippen molar-refractivity contribution in [3.63, 3.8) is 0 Å². The second-order valence-electron chi connectivity index (χ2n) is 6.67. The van der Waals surface area contributed by atoms with E-state index in [1.165, 1.54) is 0 Å². The van der Waals surface area contributed by atoms with Gasteiger partial charge in [0.1, 0.15) is 11.8 Å². The van der Waals surface area contributed by atoms with E-state index in [1.807, 2.05) is 19.3 Å². The van der Waals surface area contributed by atoms with Crippen LogP contribution in [0.3, 0.4) is 0 Å². The number of nitrogens with zero attached hydrogens (tertiary/aromatic N) is 1. The van der Waals surface area contributed by atoms with Gasteiger partial charge in [-0.05, 0) is 18.1 Å². The molecule has 1 aliphatic rings. The van der Waals surface area contributed by atoms with Gasteiger partial charge < -0.3 is 14.0 Å². The standard InChI is InChI=1S/C16H25NO3/c1-11(2)10-19-13-9-14(16(13,3)4)20-15(18)12-7-6-8-17(12)5/h6-8,11,13-14H,9-10H2,1-5H3/t13-,14-/m1/s1. The summed E-state index contributed by atoms with van der Waals surface area (Å²) in [6, 6.07) is 3.62. The summed E-state index contributed by atoms with van der Waals surface area (Å²) in [4.78, 5) is 12.1. The fourth-order valence-electron chi connectivity index (χ4n) is 2.50. The quantitative estimate of drug-likeness (QED) is 0.778. The van der Waals surface area contributed by atoms with Crippen molar-refractivity contribution < 1.29 is 14.3 Å². The summed E-state index contributed by atoms with van der Waals surface area (Å²) in [6.45, 7) is 9.23. The second kappa shape index (κ2) is 5.60. The molecule has 1 saturated carbocycles. The van der Waals surface area contributed by atoms with Gasteiger partial charge in [0.25, 0.3) is 0 Å². The molecule has 2 atom stereocenters. The zero-order chi connectivity index (χ0) is 14.9. The molecule has 0 amide bonds. The average molecular weight is 279 g/mol. The summed E-state index contributed by atoms with van der Waals surface area (Å²) in [5, 5.41) is 0. The first-order valence-electron chi connectivity index (χ1n) is 7.26. The summed E-state index contributed by atoms with van der Waals surface area (Å²) in [5.74, 6) is 0.272. The van der Waals surface area contributed by atoms with Gasteiger partial charge in [0.05, 0.1) is 6.10 Å². The van der Waals surface area contributed by atoms with Gasteiger partial charge in [-0.1, -0.05) is 27.7 Å². The molecule has 1 aliphatic carbocycles. The monoisotopic (exact) mass is 279 g/mol. The van der Waals surface area contributed by atoms with E-state index in [9.17, 15) is 4.79 Å². The first kappa shape index (κ1) is 15.1. The fraction of sp³-hybridized carbons (Fsp3) is 0.688. The van der Waals surface area contributed by atoms with E-state index in [4.69, 9.17) is 9.47 Å². The van der Waals surface area contributed by atoms with Crippen molar-refractivity contribution in [3.8, 4) is 0 Å². The number of aromatic nitrogens is 1. The lowest BCUT2D eigenvalue weighted by molar-refractivity contribution is -0.180. The summed E-state index contributed by atoms with van der Waals surface area (Å²) in [7, 11) is 1.84. The number of hydrogen-bond acceptors (Lipinski definition) is 3. The van der Waals surface area contributed by atoms with Crippen LogP contribution in [0.4, 0.5) is 0 Å². The molecule has 1 heterocycles. The lowest BCUT2D eigenvalue weighted by atomic mass is 9.66. The van der Waals surface area contributed by atoms with E-state index in [1.54, 1.807) is 10.6 Å². The topological polar surface area (TPSA) is 40.5 Å². The highest BCUT2D eigenvalue weighted by atomic mass is 16.6. The van der Waals surface area contributed by atoms with E-state index >= 15 is 0 Å². The Kier molecular flexibility index (Phi) is 4.23. The number of esters is 1. The maximum atomic E-state index is 12.1. The molecule has 0 radical (unpaired) electrons. The maximum Gasteiger partial charge on any atom is 0.355 e. The Hall–Kier alpha value is -1.29. The summed E-state index contributed by atoms with van der Waals surface area (Å²) < 4.78 is 13.3. The molecule has 0 unspecified atom stereocenters. The van der Waals surface area contributed by atoms with Gasteiger partial charge in [-0.15, -0.1) is 0 Å². The molecule has 0 aromatic carbocycles. The Bertz CT molecular complexity index is 476. The molecular weight excluding hydrogens is 254 g/mol. The van der Waals surface area contributed by atoms with Crippen LogP contribution in [0.1, 0.15) is 44.6 Å². The maximum absolute atomic E-state index is 12.1. The molecule has 2 rings (SSSR count). The smallest absolute Gasteiger partial charge is 0.355 e. The Morgan fingerprint density at radius 3 is 2.65 bits per heavy atom. The first-order chi connectivity index (χ1) is 9.32. The molecule has 0 aliphatic heterocycles. The molecule has 1 aromatic rings. The molecule has 20 heavy (non-hydrogen) atoms. The van der Waals surface area contributed by atoms with Gasteiger partial charge >= 0.3 is 5.97 Å². The van der Waals surface area contributed by atoms with E-state index in [0.717, 1.165) is 13.0 Å². The summed E-state index contributed by atoms with van der Waals surface area (Å²) in [6.07, 6.45) is 2.74. The number of aryl methyl sites for hydroxylation is 1. The van der Waals surface area contributed by atoms with Gasteiger partial charge in [-0.2, -0.15) is 0 Å². The van der Waals surface area contributed by atoms with Crippen LogP contribution in [0.25, 0.3) is 0 Å². The molecule has 4 heteroatoms. The van der Waals surface area contributed by atoms with Crippen LogP contribution in [0, 0.1) is 11.3 Å². The highest BCUT2D eigenvalue weighted by molar-refractivity contribution is 5.87. The van der Waals surface area contributed by atoms with Crippen LogP contribution in [0.15, 0.2) is 18.3 Å². The minimum atomic E-state index is -0.252. The Balaban J connectivity index is 1.90. The predicted molar refractivity (Wildman–Crippen MR) is 77.6 cm³/mol. The van der Waals surface area contributed by atoms with Crippen molar-refractivity contribution >= 4 is 5.97 Å². The Morgan fingerprint density at radius 1 is 1.45 bits per heavy atom. The van der Waals surface area contributed by atoms with E-state index in [2.05, 4.69) is 27.7 Å². The zero-order valence-electron chi connectivity index (χ0n) is 13.1. The molecular formula is C16H25NO3. The predicted octanol–water partition coefficient (Wildman–Crippen LogP) is 3.02. The number of ether oxygens (including phenoxy) is 2. The third kappa shape index (κ3) is 2.90. The van der Waals surface area contributed by atoms with E-state index in [0.29, 0.717) is 11.6 Å². The van der Waals surface area contributed by atoms with Gasteiger partial charge in [0.2, 0.25) is 0 Å². The van der Waals surface area contributed by atoms with Crippen molar-refractivity contribution in [1.29, 1.82) is 0 Å². The fourth-order valence-corrected chi connectivity index (χ4v) is 2.50. The number of rotatable bonds is 5. The van der Waals surface area contributed by atoms with Crippen LogP contribution in [0.5, 0.6) is 0 Å². The van der Waals surface area contributed by atoms with Crippen molar-refractivity contribution in [1.82, 2.24) is 4.57 Å². The molecule has 0 N–H and O–H groups in total. The van der Waals surface area contributed by atoms with Crippen molar-refractivity contribution in [2.75, 3.05) is 6.61 Å². The van der Waals surface area contributed by atoms with Crippen LogP contribution < -0.4 is 0 Å². The van der Waals surface area contributed by atoms with Gasteiger partial charge in [-0.25, -0.2) is 4.79 Å². The largest absolute Gasteiger partial charge is 0.457 e. The number of hydrogen-bond donors (Lipinski definition) is 0. The van der Waals surface area contributed by atoms with Crippen molar-refractivity contribution in [2.45, 2.75) is 46.3 Å². The summed E-state index contributed by atoms with van der Waals surface area (Å²) in [5.41, 5.74) is 0.475. The van der Waals surface area contributed by atoms with E-state index < -0.39 is 0 Å². The minimum Gasteiger partial charge on any atom is -0.457 e. The third-order valence-electron chi connectivity index (χ3n) is 4.12. The average Bonchev–Trinajstić information content (AvgIpc) is 2.78. The molecule has 0 spiro atoms. The van der Waals surface area contributed by atoms with Crippen molar-refractivity contribution in [3.05, 3.63) is 24.0 Å². The lowest BCUT2D eigenvalue weighted by Crippen LogP contribution is -2.56. The third-order valence-corrected chi connectivity index (χ3v) is 4.12. The highest BCUT2D eigenvalue weighted by Gasteiger charge is 2.51. The SMILES string of the molecule is CC(C)CO[C@@H]1C[C@@H](OC(=O)c2cccn2C)C1(C)C.